The maximum atomic E-state index is 9.02. The SMILES string of the molecule is Cn1c(CO)cnc1Sc1ncc(Cl)cn1. The standard InChI is InChI=1S/C9H9ClN4OS/c1-14-7(5-15)4-13-9(14)16-8-11-2-6(10)3-12-8/h2-4,15H,5H2,1H3. The molecule has 84 valence electrons. The van der Waals surface area contributed by atoms with Gasteiger partial charge in [0.05, 0.1) is 35.9 Å². The van der Waals surface area contributed by atoms with Crippen LogP contribution in [0.4, 0.5) is 0 Å². The molecular formula is C9H9ClN4OS. The summed E-state index contributed by atoms with van der Waals surface area (Å²) >= 11 is 7.00. The van der Waals surface area contributed by atoms with Crippen LogP contribution in [0.25, 0.3) is 0 Å². The van der Waals surface area contributed by atoms with Crippen molar-refractivity contribution in [3.8, 4) is 0 Å². The highest BCUT2D eigenvalue weighted by Gasteiger charge is 2.08. The smallest absolute Gasteiger partial charge is 0.195 e. The van der Waals surface area contributed by atoms with Crippen molar-refractivity contribution in [1.29, 1.82) is 0 Å². The molecule has 0 saturated carbocycles. The lowest BCUT2D eigenvalue weighted by Crippen LogP contribution is -1.97. The number of halogens is 1. The van der Waals surface area contributed by atoms with Crippen LogP contribution < -0.4 is 0 Å². The molecule has 2 aromatic rings. The minimum Gasteiger partial charge on any atom is -0.390 e. The molecule has 0 aliphatic carbocycles. The first-order valence-electron chi connectivity index (χ1n) is 4.47. The molecule has 2 heterocycles. The third kappa shape index (κ3) is 2.34. The Balaban J connectivity index is 2.20. The van der Waals surface area contributed by atoms with Crippen LogP contribution in [0.3, 0.4) is 0 Å². The van der Waals surface area contributed by atoms with Crippen molar-refractivity contribution < 1.29 is 5.11 Å². The van der Waals surface area contributed by atoms with Crippen LogP contribution >= 0.6 is 23.4 Å². The molecule has 0 spiro atoms. The fourth-order valence-electron chi connectivity index (χ4n) is 1.10. The van der Waals surface area contributed by atoms with Crippen molar-refractivity contribution in [1.82, 2.24) is 19.5 Å². The van der Waals surface area contributed by atoms with Gasteiger partial charge in [0.25, 0.3) is 0 Å². The Morgan fingerprint density at radius 2 is 2.00 bits per heavy atom. The summed E-state index contributed by atoms with van der Waals surface area (Å²) in [5, 5.41) is 10.8. The summed E-state index contributed by atoms with van der Waals surface area (Å²) in [6.45, 7) is -0.0362. The molecule has 0 aromatic carbocycles. The second kappa shape index (κ2) is 4.82. The number of hydrogen-bond donors (Lipinski definition) is 1. The molecule has 0 aliphatic rings. The van der Waals surface area contributed by atoms with Crippen LogP contribution in [0.1, 0.15) is 5.69 Å². The molecule has 2 rings (SSSR count). The topological polar surface area (TPSA) is 63.8 Å². The lowest BCUT2D eigenvalue weighted by molar-refractivity contribution is 0.271. The monoisotopic (exact) mass is 256 g/mol. The highest BCUT2D eigenvalue weighted by atomic mass is 35.5. The molecular weight excluding hydrogens is 248 g/mol. The van der Waals surface area contributed by atoms with E-state index < -0.39 is 0 Å². The third-order valence-corrected chi connectivity index (χ3v) is 3.13. The van der Waals surface area contributed by atoms with E-state index in [0.29, 0.717) is 10.2 Å². The second-order valence-electron chi connectivity index (χ2n) is 3.04. The van der Waals surface area contributed by atoms with Crippen LogP contribution in [-0.2, 0) is 13.7 Å². The fraction of sp³-hybridized carbons (Fsp3) is 0.222. The molecule has 0 atom stereocenters. The number of hydrogen-bond acceptors (Lipinski definition) is 5. The van der Waals surface area contributed by atoms with Crippen LogP contribution in [0.2, 0.25) is 5.02 Å². The van der Waals surface area contributed by atoms with Gasteiger partial charge in [-0.1, -0.05) is 11.6 Å². The zero-order chi connectivity index (χ0) is 11.5. The normalized spacial score (nSPS) is 10.7. The van der Waals surface area contributed by atoms with Gasteiger partial charge in [-0.15, -0.1) is 0 Å². The molecule has 0 saturated heterocycles. The van der Waals surface area contributed by atoms with E-state index >= 15 is 0 Å². The van der Waals surface area contributed by atoms with Gasteiger partial charge in [-0.3, -0.25) is 0 Å². The van der Waals surface area contributed by atoms with E-state index in [1.165, 1.54) is 24.2 Å². The van der Waals surface area contributed by atoms with E-state index in [4.69, 9.17) is 16.7 Å². The van der Waals surface area contributed by atoms with Gasteiger partial charge in [0, 0.05) is 7.05 Å². The van der Waals surface area contributed by atoms with Gasteiger partial charge < -0.3 is 9.67 Å². The number of aromatic nitrogens is 4. The van der Waals surface area contributed by atoms with E-state index in [9.17, 15) is 0 Å². The lowest BCUT2D eigenvalue weighted by Gasteiger charge is -2.02. The molecule has 1 N–H and O–H groups in total. The van der Waals surface area contributed by atoms with Crippen LogP contribution in [0.15, 0.2) is 28.9 Å². The minimum absolute atomic E-state index is 0.0362. The Morgan fingerprint density at radius 3 is 2.56 bits per heavy atom. The lowest BCUT2D eigenvalue weighted by atomic mass is 10.5. The van der Waals surface area contributed by atoms with Gasteiger partial charge in [-0.25, -0.2) is 15.0 Å². The number of aliphatic hydroxyl groups excluding tert-OH is 1. The van der Waals surface area contributed by atoms with E-state index in [1.54, 1.807) is 10.8 Å². The Labute approximate surface area is 102 Å². The number of aliphatic hydroxyl groups is 1. The first-order valence-corrected chi connectivity index (χ1v) is 5.67. The van der Waals surface area contributed by atoms with Crippen LogP contribution in [-0.4, -0.2) is 24.6 Å². The van der Waals surface area contributed by atoms with Gasteiger partial charge in [0.2, 0.25) is 0 Å². The zero-order valence-corrected chi connectivity index (χ0v) is 10.0. The maximum Gasteiger partial charge on any atom is 0.195 e. The van der Waals surface area contributed by atoms with Crippen molar-refractivity contribution in [3.63, 3.8) is 0 Å². The van der Waals surface area contributed by atoms with Crippen LogP contribution in [0.5, 0.6) is 0 Å². The third-order valence-electron chi connectivity index (χ3n) is 1.98. The van der Waals surface area contributed by atoms with Gasteiger partial charge in [-0.2, -0.15) is 0 Å². The summed E-state index contributed by atoms with van der Waals surface area (Å²) in [4.78, 5) is 12.3. The molecule has 0 aliphatic heterocycles. The maximum absolute atomic E-state index is 9.02. The summed E-state index contributed by atoms with van der Waals surface area (Å²) in [6.07, 6.45) is 4.69. The highest BCUT2D eigenvalue weighted by molar-refractivity contribution is 7.99. The zero-order valence-electron chi connectivity index (χ0n) is 8.46. The average molecular weight is 257 g/mol. The first-order chi connectivity index (χ1) is 7.70. The molecule has 0 unspecified atom stereocenters. The molecule has 2 aromatic heterocycles. The molecule has 16 heavy (non-hydrogen) atoms. The van der Waals surface area contributed by atoms with Crippen molar-refractivity contribution in [3.05, 3.63) is 29.3 Å². The molecule has 5 nitrogen and oxygen atoms in total. The molecule has 0 fully saturated rings. The second-order valence-corrected chi connectivity index (χ2v) is 4.41. The van der Waals surface area contributed by atoms with E-state index in [0.717, 1.165) is 10.9 Å². The molecule has 0 amide bonds. The highest BCUT2D eigenvalue weighted by Crippen LogP contribution is 2.23. The predicted molar refractivity (Wildman–Crippen MR) is 60.3 cm³/mol. The van der Waals surface area contributed by atoms with Crippen molar-refractivity contribution in [2.24, 2.45) is 7.05 Å². The average Bonchev–Trinajstić information content (AvgIpc) is 2.63. The molecule has 7 heteroatoms. The summed E-state index contributed by atoms with van der Waals surface area (Å²) in [7, 11) is 1.83. The predicted octanol–water partition coefficient (Wildman–Crippen LogP) is 1.51. The van der Waals surface area contributed by atoms with E-state index in [2.05, 4.69) is 15.0 Å². The quantitative estimate of drug-likeness (QED) is 0.844. The Hall–Kier alpha value is -1.11. The summed E-state index contributed by atoms with van der Waals surface area (Å²) in [5.74, 6) is 0. The minimum atomic E-state index is -0.0362. The Bertz CT molecular complexity index is 485. The van der Waals surface area contributed by atoms with Crippen molar-refractivity contribution >= 4 is 23.4 Å². The van der Waals surface area contributed by atoms with Gasteiger partial charge in [0.15, 0.2) is 10.3 Å². The summed E-state index contributed by atoms with van der Waals surface area (Å²) in [6, 6.07) is 0. The fourth-order valence-corrected chi connectivity index (χ4v) is 1.93. The number of rotatable bonds is 3. The van der Waals surface area contributed by atoms with Gasteiger partial charge in [0.1, 0.15) is 0 Å². The van der Waals surface area contributed by atoms with E-state index in [1.807, 2.05) is 7.05 Å². The Morgan fingerprint density at radius 1 is 1.31 bits per heavy atom. The van der Waals surface area contributed by atoms with E-state index in [-0.39, 0.29) is 6.61 Å². The molecule has 0 bridgehead atoms. The number of nitrogens with zero attached hydrogens (tertiary/aromatic N) is 4. The molecule has 0 radical (unpaired) electrons. The summed E-state index contributed by atoms with van der Waals surface area (Å²) < 4.78 is 1.79. The van der Waals surface area contributed by atoms with Crippen LogP contribution in [0, 0.1) is 0 Å². The van der Waals surface area contributed by atoms with Crippen molar-refractivity contribution in [2.75, 3.05) is 0 Å². The summed E-state index contributed by atoms with van der Waals surface area (Å²) in [5.41, 5.74) is 0.747. The number of imidazole rings is 1. The van der Waals surface area contributed by atoms with Crippen molar-refractivity contribution in [2.45, 2.75) is 16.9 Å². The van der Waals surface area contributed by atoms with Gasteiger partial charge >= 0.3 is 0 Å². The van der Waals surface area contributed by atoms with Gasteiger partial charge in [-0.05, 0) is 11.8 Å². The largest absolute Gasteiger partial charge is 0.390 e. The first kappa shape index (κ1) is 11.4. The Kier molecular flexibility index (Phi) is 3.42.